The van der Waals surface area contributed by atoms with Gasteiger partial charge in [0.15, 0.2) is 0 Å². The largest absolute Gasteiger partial charge is 0.0998 e. The summed E-state index contributed by atoms with van der Waals surface area (Å²) in [6, 6.07) is 21.5. The maximum atomic E-state index is 4.11. The van der Waals surface area contributed by atoms with Gasteiger partial charge in [-0.3, -0.25) is 0 Å². The molecule has 0 N–H and O–H groups in total. The zero-order valence-electron chi connectivity index (χ0n) is 12.3. The molecule has 1 atom stereocenters. The second-order valence-electron chi connectivity index (χ2n) is 6.59. The van der Waals surface area contributed by atoms with Crippen LogP contribution >= 0.6 is 0 Å². The lowest BCUT2D eigenvalue weighted by Crippen LogP contribution is -2.17. The fourth-order valence-electron chi connectivity index (χ4n) is 3.76. The van der Waals surface area contributed by atoms with E-state index >= 15 is 0 Å². The number of allylic oxidation sites excluding steroid dienone is 2. The highest BCUT2D eigenvalue weighted by Gasteiger charge is 2.57. The van der Waals surface area contributed by atoms with E-state index in [1.54, 1.807) is 0 Å². The second kappa shape index (κ2) is 4.73. The molecule has 0 aliphatic heterocycles. The van der Waals surface area contributed by atoms with Crippen LogP contribution in [-0.2, 0) is 0 Å². The van der Waals surface area contributed by atoms with Gasteiger partial charge < -0.3 is 0 Å². The van der Waals surface area contributed by atoms with E-state index in [1.165, 1.54) is 41.5 Å². The van der Waals surface area contributed by atoms with E-state index in [4.69, 9.17) is 0 Å². The molecule has 0 nitrogen and oxygen atoms in total. The Morgan fingerprint density at radius 2 is 1.43 bits per heavy atom. The number of hydrogen-bond donors (Lipinski definition) is 0. The molecule has 0 saturated heterocycles. The van der Waals surface area contributed by atoms with Crippen molar-refractivity contribution in [1.29, 1.82) is 0 Å². The molecule has 21 heavy (non-hydrogen) atoms. The molecule has 0 heterocycles. The minimum Gasteiger partial charge on any atom is -0.0998 e. The Balaban J connectivity index is 1.70. The molecule has 2 aromatic carbocycles. The molecule has 2 fully saturated rings. The van der Waals surface area contributed by atoms with E-state index in [1.807, 2.05) is 0 Å². The molecular formula is C21H20. The summed E-state index contributed by atoms with van der Waals surface area (Å²) < 4.78 is 0. The molecule has 2 saturated carbocycles. The number of rotatable bonds is 3. The van der Waals surface area contributed by atoms with Crippen molar-refractivity contribution < 1.29 is 0 Å². The first-order valence-electron chi connectivity index (χ1n) is 7.76. The van der Waals surface area contributed by atoms with Crippen LogP contribution in [0.2, 0.25) is 0 Å². The molecular weight excluding hydrogens is 252 g/mol. The molecule has 104 valence electrons. The third kappa shape index (κ3) is 2.25. The van der Waals surface area contributed by atoms with Crippen LogP contribution in [0.4, 0.5) is 0 Å². The monoisotopic (exact) mass is 272 g/mol. The van der Waals surface area contributed by atoms with E-state index in [-0.39, 0.29) is 0 Å². The summed E-state index contributed by atoms with van der Waals surface area (Å²) in [6.45, 7) is 4.11. The average Bonchev–Trinajstić information content (AvgIpc) is 3.20. The van der Waals surface area contributed by atoms with Gasteiger partial charge in [0, 0.05) is 0 Å². The van der Waals surface area contributed by atoms with Crippen molar-refractivity contribution in [1.82, 2.24) is 0 Å². The minimum absolute atomic E-state index is 0.575. The zero-order valence-corrected chi connectivity index (χ0v) is 12.3. The van der Waals surface area contributed by atoms with E-state index in [0.717, 1.165) is 5.92 Å². The van der Waals surface area contributed by atoms with E-state index in [9.17, 15) is 0 Å². The molecule has 0 heteroatoms. The minimum atomic E-state index is 0.575. The van der Waals surface area contributed by atoms with Crippen LogP contribution < -0.4 is 0 Å². The maximum absolute atomic E-state index is 4.11. The van der Waals surface area contributed by atoms with Gasteiger partial charge in [0.05, 0.1) is 0 Å². The first kappa shape index (κ1) is 12.6. The fourth-order valence-corrected chi connectivity index (χ4v) is 3.76. The van der Waals surface area contributed by atoms with Crippen molar-refractivity contribution in [3.05, 3.63) is 90.0 Å². The van der Waals surface area contributed by atoms with Crippen molar-refractivity contribution in [3.63, 3.8) is 0 Å². The van der Waals surface area contributed by atoms with Gasteiger partial charge in [-0.15, -0.1) is 0 Å². The molecule has 0 amide bonds. The molecule has 1 unspecified atom stereocenters. The second-order valence-corrected chi connectivity index (χ2v) is 6.59. The third-order valence-electron chi connectivity index (χ3n) is 4.99. The predicted molar refractivity (Wildman–Crippen MR) is 88.9 cm³/mol. The van der Waals surface area contributed by atoms with Crippen molar-refractivity contribution in [3.8, 4) is 0 Å². The van der Waals surface area contributed by atoms with E-state index in [2.05, 4.69) is 73.3 Å². The Kier molecular flexibility index (Phi) is 2.85. The summed E-state index contributed by atoms with van der Waals surface area (Å²) in [5.41, 5.74) is 6.04. The van der Waals surface area contributed by atoms with Gasteiger partial charge >= 0.3 is 0 Å². The molecule has 1 spiro atoms. The average molecular weight is 272 g/mol. The van der Waals surface area contributed by atoms with Crippen LogP contribution in [0.15, 0.2) is 78.9 Å². The van der Waals surface area contributed by atoms with E-state index < -0.39 is 0 Å². The first-order chi connectivity index (χ1) is 10.3. The van der Waals surface area contributed by atoms with Crippen molar-refractivity contribution in [2.45, 2.75) is 19.3 Å². The first-order valence-corrected chi connectivity index (χ1v) is 7.76. The molecule has 4 rings (SSSR count). The van der Waals surface area contributed by atoms with Crippen molar-refractivity contribution in [2.24, 2.45) is 11.3 Å². The Morgan fingerprint density at radius 1 is 0.905 bits per heavy atom. The van der Waals surface area contributed by atoms with E-state index in [0.29, 0.717) is 5.41 Å². The topological polar surface area (TPSA) is 0 Å². The fraction of sp³-hybridized carbons (Fsp3) is 0.238. The van der Waals surface area contributed by atoms with Gasteiger partial charge in [-0.2, -0.15) is 0 Å². The molecule has 2 aromatic rings. The van der Waals surface area contributed by atoms with Gasteiger partial charge in [-0.1, -0.05) is 78.9 Å². The Morgan fingerprint density at radius 3 is 1.90 bits per heavy atom. The van der Waals surface area contributed by atoms with Crippen LogP contribution in [0, 0.1) is 11.3 Å². The van der Waals surface area contributed by atoms with Crippen molar-refractivity contribution >= 4 is 5.57 Å². The lowest BCUT2D eigenvalue weighted by Gasteiger charge is -2.29. The summed E-state index contributed by atoms with van der Waals surface area (Å²) in [7, 11) is 0. The maximum Gasteiger partial charge on any atom is -0.0148 e. The smallest absolute Gasteiger partial charge is 0.0148 e. The van der Waals surface area contributed by atoms with Crippen LogP contribution in [-0.4, -0.2) is 0 Å². The SMILES string of the molecule is C=C1CC2(C1)CC2C=C(c1ccccc1)c1ccccc1. The summed E-state index contributed by atoms with van der Waals surface area (Å²) in [5, 5.41) is 0. The Bertz CT molecular complexity index is 642. The zero-order chi connectivity index (χ0) is 14.3. The lowest BCUT2D eigenvalue weighted by atomic mass is 9.75. The highest BCUT2D eigenvalue weighted by Crippen LogP contribution is 2.68. The normalized spacial score (nSPS) is 21.7. The van der Waals surface area contributed by atoms with Crippen LogP contribution in [0.25, 0.3) is 5.57 Å². The molecule has 0 aromatic heterocycles. The van der Waals surface area contributed by atoms with Crippen LogP contribution in [0.1, 0.15) is 30.4 Å². The summed E-state index contributed by atoms with van der Waals surface area (Å²) in [4.78, 5) is 0. The lowest BCUT2D eigenvalue weighted by molar-refractivity contribution is 0.373. The van der Waals surface area contributed by atoms with Gasteiger partial charge in [-0.05, 0) is 47.3 Å². The van der Waals surface area contributed by atoms with Crippen molar-refractivity contribution in [2.75, 3.05) is 0 Å². The van der Waals surface area contributed by atoms with Crippen LogP contribution in [0.5, 0.6) is 0 Å². The van der Waals surface area contributed by atoms with Gasteiger partial charge in [0.25, 0.3) is 0 Å². The third-order valence-corrected chi connectivity index (χ3v) is 4.99. The quantitative estimate of drug-likeness (QED) is 0.649. The van der Waals surface area contributed by atoms with Gasteiger partial charge in [0.2, 0.25) is 0 Å². The summed E-state index contributed by atoms with van der Waals surface area (Å²) >= 11 is 0. The molecule has 0 bridgehead atoms. The van der Waals surface area contributed by atoms with Gasteiger partial charge in [-0.25, -0.2) is 0 Å². The summed E-state index contributed by atoms with van der Waals surface area (Å²) in [6.07, 6.45) is 6.34. The highest BCUT2D eigenvalue weighted by atomic mass is 14.6. The Labute approximate surface area is 126 Å². The Hall–Kier alpha value is -2.08. The van der Waals surface area contributed by atoms with Crippen LogP contribution in [0.3, 0.4) is 0 Å². The number of benzene rings is 2. The summed E-state index contributed by atoms with van der Waals surface area (Å²) in [5.74, 6) is 0.735. The molecule has 2 aliphatic carbocycles. The molecule has 2 aliphatic rings. The standard InChI is InChI=1S/C21H20/c1-16-13-21(14-16)15-19(21)12-20(17-8-4-2-5-9-17)18-10-6-3-7-11-18/h2-12,19H,1,13-15H2. The molecule has 0 radical (unpaired) electrons. The highest BCUT2D eigenvalue weighted by molar-refractivity contribution is 5.80. The number of hydrogen-bond acceptors (Lipinski definition) is 0. The van der Waals surface area contributed by atoms with Gasteiger partial charge in [0.1, 0.15) is 0 Å². The predicted octanol–water partition coefficient (Wildman–Crippen LogP) is 5.47.